The Morgan fingerprint density at radius 3 is 1.30 bits per heavy atom. The molecule has 8 nitrogen and oxygen atoms in total. The average Bonchev–Trinajstić information content (AvgIpc) is 3.82. The number of hydrogen-bond donors (Lipinski definition) is 0. The van der Waals surface area contributed by atoms with Gasteiger partial charge in [0.25, 0.3) is 11.8 Å². The van der Waals surface area contributed by atoms with Gasteiger partial charge in [0.2, 0.25) is 11.8 Å². The molecule has 0 N–H and O–H groups in total. The van der Waals surface area contributed by atoms with Crippen LogP contribution in [0.1, 0.15) is 44.1 Å². The van der Waals surface area contributed by atoms with Gasteiger partial charge in [0, 0.05) is 9.75 Å². The lowest BCUT2D eigenvalue weighted by Crippen LogP contribution is -2.50. The van der Waals surface area contributed by atoms with E-state index in [1.54, 1.807) is 0 Å². The van der Waals surface area contributed by atoms with Crippen molar-refractivity contribution >= 4 is 57.7 Å². The van der Waals surface area contributed by atoms with Crippen LogP contribution in [-0.4, -0.2) is 45.7 Å². The van der Waals surface area contributed by atoms with E-state index in [0.29, 0.717) is 11.4 Å². The zero-order valence-corrected chi connectivity index (χ0v) is 26.3. The topological polar surface area (TPSA) is 81.2 Å². The zero-order chi connectivity index (χ0) is 30.6. The highest BCUT2D eigenvalue weighted by molar-refractivity contribution is 7.10. The number of nitrogens with zero attached hydrogens (tertiary/aromatic N) is 4. The van der Waals surface area contributed by atoms with Crippen molar-refractivity contribution in [2.24, 2.45) is 11.8 Å². The number of anilines is 2. The van der Waals surface area contributed by atoms with Crippen molar-refractivity contribution in [2.75, 3.05) is 9.80 Å². The molecule has 222 valence electrons. The van der Waals surface area contributed by atoms with Crippen LogP contribution in [0.5, 0.6) is 0 Å². The average molecular weight is 623 g/mol. The largest absolute Gasteiger partial charge is 0.274 e. The van der Waals surface area contributed by atoms with Gasteiger partial charge in [-0.2, -0.15) is 0 Å². The van der Waals surface area contributed by atoms with Crippen LogP contribution in [0.15, 0.2) is 71.4 Å². The summed E-state index contributed by atoms with van der Waals surface area (Å²) in [4.78, 5) is 62.6. The minimum Gasteiger partial charge on any atom is -0.274 e. The molecule has 6 atom stereocenters. The molecular weight excluding hydrogens is 593 g/mol. The highest BCUT2D eigenvalue weighted by atomic mass is 32.1. The Morgan fingerprint density at radius 2 is 0.932 bits per heavy atom. The smallest absolute Gasteiger partial charge is 0.253 e. The number of rotatable bonds is 4. The Morgan fingerprint density at radius 1 is 0.523 bits per heavy atom. The maximum atomic E-state index is 14.5. The number of carbonyl (C=O) groups is 4. The molecule has 4 aliphatic rings. The Bertz CT molecular complexity index is 1730. The summed E-state index contributed by atoms with van der Waals surface area (Å²) in [6.07, 6.45) is 0. The third-order valence-electron chi connectivity index (χ3n) is 9.61. The molecule has 8 rings (SSSR count). The molecule has 0 radical (unpaired) electrons. The van der Waals surface area contributed by atoms with Crippen molar-refractivity contribution in [3.05, 3.63) is 103 Å². The molecule has 4 aliphatic heterocycles. The second-order valence-corrected chi connectivity index (χ2v) is 14.2. The van der Waals surface area contributed by atoms with Crippen molar-refractivity contribution in [1.82, 2.24) is 10.0 Å². The van der Waals surface area contributed by atoms with Crippen LogP contribution in [0.2, 0.25) is 0 Å². The van der Waals surface area contributed by atoms with E-state index in [1.807, 2.05) is 109 Å². The summed E-state index contributed by atoms with van der Waals surface area (Å²) in [5.41, 5.74) is 4.76. The molecule has 0 saturated carbocycles. The second kappa shape index (κ2) is 9.77. The maximum absolute atomic E-state index is 14.5. The fourth-order valence-corrected chi connectivity index (χ4v) is 9.44. The van der Waals surface area contributed by atoms with E-state index in [4.69, 9.17) is 0 Å². The lowest BCUT2D eigenvalue weighted by molar-refractivity contribution is -0.135. The number of hydrazine groups is 1. The summed E-state index contributed by atoms with van der Waals surface area (Å²) in [6.45, 7) is 7.69. The number of thiophene rings is 2. The number of fused-ring (bicyclic) bond motifs is 5. The Labute approximate surface area is 263 Å². The van der Waals surface area contributed by atoms with Gasteiger partial charge in [0.15, 0.2) is 0 Å². The van der Waals surface area contributed by atoms with Gasteiger partial charge in [-0.15, -0.1) is 22.7 Å². The molecule has 6 unspecified atom stereocenters. The fraction of sp³-hybridized carbons (Fsp3) is 0.294. The van der Waals surface area contributed by atoms with E-state index in [0.717, 1.165) is 32.0 Å². The maximum Gasteiger partial charge on any atom is 0.253 e. The third-order valence-corrected chi connectivity index (χ3v) is 11.5. The van der Waals surface area contributed by atoms with Crippen LogP contribution in [0.3, 0.4) is 0 Å². The van der Waals surface area contributed by atoms with Gasteiger partial charge in [-0.25, -0.2) is 19.8 Å². The van der Waals surface area contributed by atoms with E-state index in [2.05, 4.69) is 0 Å². The lowest BCUT2D eigenvalue weighted by atomic mass is 9.88. The predicted molar refractivity (Wildman–Crippen MR) is 169 cm³/mol. The Hall–Kier alpha value is -3.96. The highest BCUT2D eigenvalue weighted by Crippen LogP contribution is 2.60. The first-order valence-electron chi connectivity index (χ1n) is 14.7. The summed E-state index contributed by atoms with van der Waals surface area (Å²) in [5.74, 6) is -2.64. The predicted octanol–water partition coefficient (Wildman–Crippen LogP) is 5.49. The van der Waals surface area contributed by atoms with Gasteiger partial charge >= 0.3 is 0 Å². The number of aryl methyl sites for hydroxylation is 4. The molecule has 4 aromatic rings. The number of amides is 4. The Balaban J connectivity index is 1.32. The standard InChI is InChI=1S/C34H30N4O4S2/c1-17-9-11-19(3)21(15-17)35-31(39)25-27(23-7-5-13-43-23)38-30-26(28(24-8-6-14-44-24)37(38)29(25)33(35)41)32(40)36(34(30)42)22-16-18(2)10-12-20(22)4/h5-16,25-30H,1-4H3. The first-order chi connectivity index (χ1) is 21.2. The second-order valence-electron chi connectivity index (χ2n) is 12.2. The molecule has 0 spiro atoms. The quantitative estimate of drug-likeness (QED) is 0.280. The van der Waals surface area contributed by atoms with Crippen molar-refractivity contribution < 1.29 is 19.2 Å². The number of carbonyl (C=O) groups excluding carboxylic acids is 4. The van der Waals surface area contributed by atoms with Crippen molar-refractivity contribution in [2.45, 2.75) is 51.9 Å². The first kappa shape index (κ1) is 27.6. The van der Waals surface area contributed by atoms with Crippen molar-refractivity contribution in [3.8, 4) is 0 Å². The summed E-state index contributed by atoms with van der Waals surface area (Å²) < 4.78 is 0. The SMILES string of the molecule is Cc1ccc(C)c(N2C(=O)C3C(C2=O)N2C(c4cccs4)C4C(=O)N(c5cc(C)ccc5C)C(=O)C4N2C3c2cccs2)c1. The van der Waals surface area contributed by atoms with Crippen LogP contribution in [0.25, 0.3) is 0 Å². The van der Waals surface area contributed by atoms with Gasteiger partial charge in [0.1, 0.15) is 12.1 Å². The molecular formula is C34H30N4O4S2. The van der Waals surface area contributed by atoms with Gasteiger partial charge < -0.3 is 0 Å². The molecule has 4 saturated heterocycles. The fourth-order valence-electron chi connectivity index (χ4n) is 7.71. The molecule has 4 fully saturated rings. The van der Waals surface area contributed by atoms with E-state index in [-0.39, 0.29) is 23.6 Å². The van der Waals surface area contributed by atoms with Gasteiger partial charge in [-0.1, -0.05) is 36.4 Å². The molecule has 44 heavy (non-hydrogen) atoms. The van der Waals surface area contributed by atoms with Crippen LogP contribution >= 0.6 is 22.7 Å². The van der Waals surface area contributed by atoms with E-state index in [1.165, 1.54) is 32.5 Å². The van der Waals surface area contributed by atoms with Gasteiger partial charge in [-0.05, 0) is 85.0 Å². The summed E-state index contributed by atoms with van der Waals surface area (Å²) >= 11 is 3.01. The van der Waals surface area contributed by atoms with Crippen molar-refractivity contribution in [1.29, 1.82) is 0 Å². The molecule has 10 heteroatoms. The lowest BCUT2D eigenvalue weighted by Gasteiger charge is -2.35. The number of imide groups is 2. The number of benzene rings is 2. The summed E-state index contributed by atoms with van der Waals surface area (Å²) in [7, 11) is 0. The highest BCUT2D eigenvalue weighted by Gasteiger charge is 2.74. The summed E-state index contributed by atoms with van der Waals surface area (Å²) in [6, 6.07) is 16.5. The van der Waals surface area contributed by atoms with E-state index < -0.39 is 36.0 Å². The molecule has 0 bridgehead atoms. The van der Waals surface area contributed by atoms with Gasteiger partial charge in [0.05, 0.1) is 35.3 Å². The third kappa shape index (κ3) is 3.62. The van der Waals surface area contributed by atoms with Crippen LogP contribution in [-0.2, 0) is 19.2 Å². The van der Waals surface area contributed by atoms with Crippen LogP contribution in [0.4, 0.5) is 11.4 Å². The number of hydrogen-bond acceptors (Lipinski definition) is 8. The monoisotopic (exact) mass is 622 g/mol. The minimum atomic E-state index is -0.845. The molecule has 0 aliphatic carbocycles. The molecule has 4 amide bonds. The van der Waals surface area contributed by atoms with Crippen LogP contribution < -0.4 is 9.80 Å². The normalized spacial score (nSPS) is 28.4. The zero-order valence-electron chi connectivity index (χ0n) is 24.6. The van der Waals surface area contributed by atoms with E-state index >= 15 is 0 Å². The minimum absolute atomic E-state index is 0.272. The Kier molecular flexibility index (Phi) is 6.12. The molecule has 2 aromatic carbocycles. The summed E-state index contributed by atoms with van der Waals surface area (Å²) in [5, 5.41) is 7.78. The van der Waals surface area contributed by atoms with Crippen LogP contribution in [0, 0.1) is 39.5 Å². The van der Waals surface area contributed by atoms with Gasteiger partial charge in [-0.3, -0.25) is 19.2 Å². The first-order valence-corrected chi connectivity index (χ1v) is 16.5. The van der Waals surface area contributed by atoms with E-state index in [9.17, 15) is 19.2 Å². The molecule has 2 aromatic heterocycles. The molecule has 6 heterocycles. The van der Waals surface area contributed by atoms with Crippen molar-refractivity contribution in [3.63, 3.8) is 0 Å².